The first-order valence-electron chi connectivity index (χ1n) is 8.61. The Kier molecular flexibility index (Phi) is 4.61. The van der Waals surface area contributed by atoms with Crippen molar-refractivity contribution in [2.75, 3.05) is 0 Å². The molecule has 0 amide bonds. The van der Waals surface area contributed by atoms with Gasteiger partial charge in [-0.3, -0.25) is 10.1 Å². The maximum Gasteiger partial charge on any atom is 0.337 e. The Labute approximate surface area is 146 Å². The van der Waals surface area contributed by atoms with Gasteiger partial charge in [0.2, 0.25) is 0 Å². The highest BCUT2D eigenvalue weighted by molar-refractivity contribution is 5.94. The van der Waals surface area contributed by atoms with Crippen LogP contribution in [0.4, 0.5) is 5.69 Å². The van der Waals surface area contributed by atoms with Crippen LogP contribution in [-0.2, 0) is 0 Å². The monoisotopic (exact) mass is 342 g/mol. The van der Waals surface area contributed by atoms with Crippen LogP contribution in [0.1, 0.15) is 59.8 Å². The second-order valence-corrected chi connectivity index (χ2v) is 6.70. The maximum absolute atomic E-state index is 11.8. The third-order valence-corrected chi connectivity index (χ3v) is 5.20. The lowest BCUT2D eigenvalue weighted by Crippen LogP contribution is -2.15. The molecule has 0 bridgehead atoms. The molecule has 6 nitrogen and oxygen atoms in total. The smallest absolute Gasteiger partial charge is 0.337 e. The Morgan fingerprint density at radius 2 is 1.76 bits per heavy atom. The second kappa shape index (κ2) is 6.70. The third kappa shape index (κ3) is 3.04. The van der Waals surface area contributed by atoms with E-state index in [9.17, 15) is 20.0 Å². The van der Waals surface area contributed by atoms with Gasteiger partial charge in [0.15, 0.2) is 0 Å². The molecule has 0 unspecified atom stereocenters. The number of nitro benzene ring substituents is 1. The van der Waals surface area contributed by atoms with Crippen LogP contribution in [0.3, 0.4) is 0 Å². The van der Waals surface area contributed by atoms with Crippen LogP contribution in [-0.4, -0.2) is 20.6 Å². The predicted molar refractivity (Wildman–Crippen MR) is 95.1 cm³/mol. The van der Waals surface area contributed by atoms with Crippen LogP contribution in [0.15, 0.2) is 24.3 Å². The summed E-state index contributed by atoms with van der Waals surface area (Å²) in [5.74, 6) is -0.923. The van der Waals surface area contributed by atoms with Crippen LogP contribution >= 0.6 is 0 Å². The first kappa shape index (κ1) is 17.2. The molecule has 1 aromatic carbocycles. The minimum Gasteiger partial charge on any atom is -0.478 e. The molecule has 1 aliphatic carbocycles. The summed E-state index contributed by atoms with van der Waals surface area (Å²) in [4.78, 5) is 22.2. The molecule has 132 valence electrons. The maximum atomic E-state index is 11.8. The molecule has 0 atom stereocenters. The van der Waals surface area contributed by atoms with Crippen molar-refractivity contribution in [3.63, 3.8) is 0 Å². The normalized spacial score (nSPS) is 15.3. The van der Waals surface area contributed by atoms with Crippen molar-refractivity contribution in [1.82, 2.24) is 4.57 Å². The Balaban J connectivity index is 2.18. The van der Waals surface area contributed by atoms with Gasteiger partial charge < -0.3 is 9.67 Å². The highest BCUT2D eigenvalue weighted by Crippen LogP contribution is 2.39. The van der Waals surface area contributed by atoms with Crippen LogP contribution in [0.5, 0.6) is 0 Å². The fourth-order valence-electron chi connectivity index (χ4n) is 4.07. The highest BCUT2D eigenvalue weighted by atomic mass is 16.6. The van der Waals surface area contributed by atoms with E-state index < -0.39 is 10.9 Å². The molecule has 3 rings (SSSR count). The highest BCUT2D eigenvalue weighted by Gasteiger charge is 2.28. The van der Waals surface area contributed by atoms with Crippen molar-refractivity contribution in [1.29, 1.82) is 0 Å². The molecule has 0 spiro atoms. The number of carboxylic acids is 1. The molecule has 1 saturated carbocycles. The summed E-state index contributed by atoms with van der Waals surface area (Å²) in [6.45, 7) is 3.69. The van der Waals surface area contributed by atoms with Crippen molar-refractivity contribution in [2.24, 2.45) is 0 Å². The van der Waals surface area contributed by atoms with Gasteiger partial charge >= 0.3 is 5.97 Å². The topological polar surface area (TPSA) is 85.4 Å². The van der Waals surface area contributed by atoms with Crippen LogP contribution < -0.4 is 0 Å². The summed E-state index contributed by atoms with van der Waals surface area (Å²) in [6.07, 6.45) is 5.57. The van der Waals surface area contributed by atoms with E-state index in [0.29, 0.717) is 5.56 Å². The third-order valence-electron chi connectivity index (χ3n) is 5.20. The predicted octanol–water partition coefficient (Wildman–Crippen LogP) is 4.88. The van der Waals surface area contributed by atoms with E-state index >= 15 is 0 Å². The number of aromatic carboxylic acids is 1. The van der Waals surface area contributed by atoms with E-state index in [1.54, 1.807) is 12.1 Å². The second-order valence-electron chi connectivity index (χ2n) is 6.70. The van der Waals surface area contributed by atoms with Crippen LogP contribution in [0.25, 0.3) is 11.3 Å². The Bertz CT molecular complexity index is 815. The van der Waals surface area contributed by atoms with Crippen LogP contribution in [0.2, 0.25) is 0 Å². The minimum atomic E-state index is -0.923. The summed E-state index contributed by atoms with van der Waals surface area (Å²) in [6, 6.07) is 6.66. The van der Waals surface area contributed by atoms with E-state index in [1.165, 1.54) is 18.6 Å². The first-order valence-corrected chi connectivity index (χ1v) is 8.61. The summed E-state index contributed by atoms with van der Waals surface area (Å²) >= 11 is 0. The quantitative estimate of drug-likeness (QED) is 0.633. The molecule has 0 saturated heterocycles. The molecule has 1 fully saturated rings. The Morgan fingerprint density at radius 3 is 2.28 bits per heavy atom. The number of hydrogen-bond donors (Lipinski definition) is 1. The van der Waals surface area contributed by atoms with Crippen molar-refractivity contribution < 1.29 is 14.8 Å². The lowest BCUT2D eigenvalue weighted by molar-refractivity contribution is -0.384. The number of nitro groups is 1. The largest absolute Gasteiger partial charge is 0.478 e. The zero-order valence-electron chi connectivity index (χ0n) is 14.5. The Morgan fingerprint density at radius 1 is 1.16 bits per heavy atom. The van der Waals surface area contributed by atoms with Gasteiger partial charge in [0.25, 0.3) is 5.69 Å². The zero-order chi connectivity index (χ0) is 18.1. The average molecular weight is 342 g/mol. The van der Waals surface area contributed by atoms with E-state index in [4.69, 9.17) is 0 Å². The fourth-order valence-corrected chi connectivity index (χ4v) is 4.07. The summed E-state index contributed by atoms with van der Waals surface area (Å²) < 4.78 is 2.15. The van der Waals surface area contributed by atoms with Gasteiger partial charge in [0.05, 0.1) is 16.2 Å². The van der Waals surface area contributed by atoms with E-state index in [-0.39, 0.29) is 11.7 Å². The van der Waals surface area contributed by atoms with Gasteiger partial charge in [-0.15, -0.1) is 0 Å². The summed E-state index contributed by atoms with van der Waals surface area (Å²) in [5, 5.41) is 20.5. The van der Waals surface area contributed by atoms with Gasteiger partial charge in [-0.1, -0.05) is 19.3 Å². The number of non-ortho nitro benzene ring substituents is 1. The lowest BCUT2D eigenvalue weighted by Gasteiger charge is -2.27. The molecular formula is C19H22N2O4. The van der Waals surface area contributed by atoms with E-state index in [2.05, 4.69) is 4.57 Å². The first-order chi connectivity index (χ1) is 11.9. The van der Waals surface area contributed by atoms with Crippen molar-refractivity contribution >= 4 is 11.7 Å². The summed E-state index contributed by atoms with van der Waals surface area (Å²) in [5.41, 5.74) is 3.57. The number of carboxylic acid groups (broad SMARTS) is 1. The van der Waals surface area contributed by atoms with Gasteiger partial charge in [-0.05, 0) is 49.9 Å². The molecule has 1 aliphatic rings. The molecule has 1 N–H and O–H groups in total. The number of aromatic nitrogens is 1. The number of rotatable bonds is 4. The molecule has 6 heteroatoms. The molecule has 1 heterocycles. The number of nitrogens with zero attached hydrogens (tertiary/aromatic N) is 2. The zero-order valence-corrected chi connectivity index (χ0v) is 14.5. The molecule has 0 aliphatic heterocycles. The Hall–Kier alpha value is -2.63. The van der Waals surface area contributed by atoms with Crippen molar-refractivity contribution in [3.8, 4) is 11.3 Å². The molecular weight excluding hydrogens is 320 g/mol. The van der Waals surface area contributed by atoms with E-state index in [0.717, 1.165) is 48.2 Å². The lowest BCUT2D eigenvalue weighted by atomic mass is 9.94. The van der Waals surface area contributed by atoms with Crippen molar-refractivity contribution in [3.05, 3.63) is 51.2 Å². The average Bonchev–Trinajstić information content (AvgIpc) is 2.86. The minimum absolute atomic E-state index is 0.0346. The SMILES string of the molecule is Cc1c(C(=O)O)c(C)n(C2CCCCC2)c1-c1ccc([N+](=O)[O-])cc1. The number of carbonyl (C=O) groups is 1. The van der Waals surface area contributed by atoms with Crippen LogP contribution in [0, 0.1) is 24.0 Å². The molecule has 2 aromatic rings. The van der Waals surface area contributed by atoms with E-state index in [1.807, 2.05) is 13.8 Å². The molecule has 25 heavy (non-hydrogen) atoms. The standard InChI is InChI=1S/C19H22N2O4/c1-12-17(19(22)23)13(2)20(15-6-4-3-5-7-15)18(12)14-8-10-16(11-9-14)21(24)25/h8-11,15H,3-7H2,1-2H3,(H,22,23). The molecule has 0 radical (unpaired) electrons. The van der Waals surface area contributed by atoms with Gasteiger partial charge in [-0.25, -0.2) is 4.79 Å². The number of hydrogen-bond acceptors (Lipinski definition) is 3. The fraction of sp³-hybridized carbons (Fsp3) is 0.421. The number of benzene rings is 1. The van der Waals surface area contributed by atoms with Gasteiger partial charge in [0, 0.05) is 23.9 Å². The van der Waals surface area contributed by atoms with Gasteiger partial charge in [-0.2, -0.15) is 0 Å². The van der Waals surface area contributed by atoms with Crippen molar-refractivity contribution in [2.45, 2.75) is 52.0 Å². The van der Waals surface area contributed by atoms with Gasteiger partial charge in [0.1, 0.15) is 0 Å². The molecule has 1 aromatic heterocycles. The summed E-state index contributed by atoms with van der Waals surface area (Å²) in [7, 11) is 0.